The molecule has 1 aromatic carbocycles. The second kappa shape index (κ2) is 3.87. The van der Waals surface area contributed by atoms with Crippen molar-refractivity contribution >= 4 is 10.8 Å². The highest BCUT2D eigenvalue weighted by Gasteiger charge is 2.06. The molecule has 0 aliphatic carbocycles. The quantitative estimate of drug-likeness (QED) is 0.810. The molecule has 15 heavy (non-hydrogen) atoms. The number of ether oxygens (including phenoxy) is 1. The fourth-order valence-corrected chi connectivity index (χ4v) is 1.77. The molecule has 0 unspecified atom stereocenters. The third kappa shape index (κ3) is 1.66. The highest BCUT2D eigenvalue weighted by molar-refractivity contribution is 5.90. The zero-order valence-corrected chi connectivity index (χ0v) is 8.95. The third-order valence-corrected chi connectivity index (χ3v) is 2.47. The van der Waals surface area contributed by atoms with Gasteiger partial charge in [0, 0.05) is 17.6 Å². The minimum Gasteiger partial charge on any atom is -0.481 e. The van der Waals surface area contributed by atoms with E-state index in [0.717, 1.165) is 22.0 Å². The van der Waals surface area contributed by atoms with Crippen molar-refractivity contribution in [1.82, 2.24) is 4.98 Å². The molecule has 1 heterocycles. The van der Waals surface area contributed by atoms with Gasteiger partial charge in [0.15, 0.2) is 0 Å². The van der Waals surface area contributed by atoms with E-state index < -0.39 is 0 Å². The highest BCUT2D eigenvalue weighted by atomic mass is 16.5. The molecule has 1 aromatic heterocycles. The number of benzene rings is 1. The summed E-state index contributed by atoms with van der Waals surface area (Å²) < 4.78 is 5.26. The number of nitrogens with zero attached hydrogens (tertiary/aromatic N) is 1. The summed E-state index contributed by atoms with van der Waals surface area (Å²) in [5.41, 5.74) is 7.76. The van der Waals surface area contributed by atoms with Crippen LogP contribution in [0.15, 0.2) is 24.3 Å². The summed E-state index contributed by atoms with van der Waals surface area (Å²) in [6.07, 6.45) is 0. The summed E-state index contributed by atoms with van der Waals surface area (Å²) in [5, 5.41) is 2.15. The van der Waals surface area contributed by atoms with Crippen molar-refractivity contribution in [2.45, 2.75) is 13.5 Å². The molecule has 78 valence electrons. The average Bonchev–Trinajstić information content (AvgIpc) is 2.27. The molecule has 2 aromatic rings. The van der Waals surface area contributed by atoms with Crippen LogP contribution in [0.25, 0.3) is 10.8 Å². The lowest BCUT2D eigenvalue weighted by Crippen LogP contribution is -1.99. The first-order valence-corrected chi connectivity index (χ1v) is 4.89. The Morgan fingerprint density at radius 1 is 1.33 bits per heavy atom. The lowest BCUT2D eigenvalue weighted by Gasteiger charge is -2.08. The van der Waals surface area contributed by atoms with Crippen LogP contribution in [0.5, 0.6) is 5.88 Å². The Balaban J connectivity index is 2.82. The topological polar surface area (TPSA) is 48.1 Å². The molecular formula is C12H14N2O. The lowest BCUT2D eigenvalue weighted by atomic mass is 10.1. The molecule has 0 fully saturated rings. The maximum Gasteiger partial charge on any atom is 0.221 e. The largest absolute Gasteiger partial charge is 0.481 e. The first-order valence-electron chi connectivity index (χ1n) is 4.89. The van der Waals surface area contributed by atoms with Gasteiger partial charge in [-0.05, 0) is 30.0 Å². The van der Waals surface area contributed by atoms with Crippen LogP contribution in [0.4, 0.5) is 0 Å². The van der Waals surface area contributed by atoms with E-state index in [2.05, 4.69) is 4.98 Å². The molecule has 0 aliphatic rings. The molecule has 2 N–H and O–H groups in total. The number of rotatable bonds is 2. The van der Waals surface area contributed by atoms with Gasteiger partial charge in [0.25, 0.3) is 0 Å². The molecule has 0 saturated heterocycles. The monoisotopic (exact) mass is 202 g/mol. The number of hydrogen-bond acceptors (Lipinski definition) is 3. The lowest BCUT2D eigenvalue weighted by molar-refractivity contribution is 0.402. The van der Waals surface area contributed by atoms with Gasteiger partial charge in [0.05, 0.1) is 7.11 Å². The number of pyridine rings is 1. The number of fused-ring (bicyclic) bond motifs is 1. The zero-order valence-electron chi connectivity index (χ0n) is 8.95. The maximum atomic E-state index is 5.70. The van der Waals surface area contributed by atoms with Gasteiger partial charge in [-0.15, -0.1) is 0 Å². The Morgan fingerprint density at radius 3 is 2.80 bits per heavy atom. The van der Waals surface area contributed by atoms with E-state index in [0.29, 0.717) is 12.4 Å². The summed E-state index contributed by atoms with van der Waals surface area (Å²) in [5.74, 6) is 0.667. The first-order chi connectivity index (χ1) is 7.26. The Kier molecular flexibility index (Phi) is 2.56. The normalized spacial score (nSPS) is 10.6. The van der Waals surface area contributed by atoms with Crippen LogP contribution in [0.2, 0.25) is 0 Å². The van der Waals surface area contributed by atoms with Crippen molar-refractivity contribution in [2.24, 2.45) is 5.73 Å². The van der Waals surface area contributed by atoms with Gasteiger partial charge in [-0.3, -0.25) is 0 Å². The summed E-state index contributed by atoms with van der Waals surface area (Å²) in [4.78, 5) is 4.33. The fourth-order valence-electron chi connectivity index (χ4n) is 1.77. The van der Waals surface area contributed by atoms with Crippen LogP contribution in [0.1, 0.15) is 11.3 Å². The van der Waals surface area contributed by atoms with Crippen molar-refractivity contribution in [3.05, 3.63) is 35.5 Å². The second-order valence-corrected chi connectivity index (χ2v) is 3.49. The fraction of sp³-hybridized carbons (Fsp3) is 0.250. The second-order valence-electron chi connectivity index (χ2n) is 3.49. The van der Waals surface area contributed by atoms with Crippen molar-refractivity contribution < 1.29 is 4.74 Å². The van der Waals surface area contributed by atoms with E-state index in [9.17, 15) is 0 Å². The molecule has 3 heteroatoms. The summed E-state index contributed by atoms with van der Waals surface area (Å²) in [6.45, 7) is 2.49. The van der Waals surface area contributed by atoms with Gasteiger partial charge < -0.3 is 10.5 Å². The SMILES string of the molecule is COc1nc(C)cc2c(CN)cccc12. The van der Waals surface area contributed by atoms with E-state index in [1.807, 2.05) is 31.2 Å². The smallest absolute Gasteiger partial charge is 0.221 e. The molecule has 0 amide bonds. The van der Waals surface area contributed by atoms with Crippen LogP contribution in [0.3, 0.4) is 0 Å². The molecular weight excluding hydrogens is 188 g/mol. The molecule has 0 aliphatic heterocycles. The van der Waals surface area contributed by atoms with E-state index >= 15 is 0 Å². The van der Waals surface area contributed by atoms with Crippen LogP contribution < -0.4 is 10.5 Å². The number of hydrogen-bond donors (Lipinski definition) is 1. The summed E-state index contributed by atoms with van der Waals surface area (Å²) in [7, 11) is 1.64. The average molecular weight is 202 g/mol. The number of nitrogens with two attached hydrogens (primary N) is 1. The zero-order chi connectivity index (χ0) is 10.8. The number of aryl methyl sites for hydroxylation is 1. The Hall–Kier alpha value is -1.61. The predicted molar refractivity (Wildman–Crippen MR) is 60.9 cm³/mol. The predicted octanol–water partition coefficient (Wildman–Crippen LogP) is 2.01. The van der Waals surface area contributed by atoms with E-state index in [1.165, 1.54) is 0 Å². The standard InChI is InChI=1S/C12H14N2O/c1-8-6-11-9(7-13)4-3-5-10(11)12(14-8)15-2/h3-6H,7,13H2,1-2H3. The third-order valence-electron chi connectivity index (χ3n) is 2.47. The van der Waals surface area contributed by atoms with Crippen molar-refractivity contribution in [3.63, 3.8) is 0 Å². The van der Waals surface area contributed by atoms with E-state index in [-0.39, 0.29) is 0 Å². The molecule has 0 bridgehead atoms. The number of methoxy groups -OCH3 is 1. The van der Waals surface area contributed by atoms with Gasteiger partial charge >= 0.3 is 0 Å². The van der Waals surface area contributed by atoms with Crippen LogP contribution in [0, 0.1) is 6.92 Å². The van der Waals surface area contributed by atoms with Gasteiger partial charge in [-0.25, -0.2) is 4.98 Å². The van der Waals surface area contributed by atoms with Crippen molar-refractivity contribution in [2.75, 3.05) is 7.11 Å². The number of aromatic nitrogens is 1. The maximum absolute atomic E-state index is 5.70. The van der Waals surface area contributed by atoms with Crippen LogP contribution >= 0.6 is 0 Å². The Morgan fingerprint density at radius 2 is 2.13 bits per heavy atom. The Bertz CT molecular complexity index is 494. The van der Waals surface area contributed by atoms with Crippen molar-refractivity contribution in [3.8, 4) is 5.88 Å². The van der Waals surface area contributed by atoms with Gasteiger partial charge in [0.1, 0.15) is 0 Å². The molecule has 3 nitrogen and oxygen atoms in total. The van der Waals surface area contributed by atoms with E-state index in [1.54, 1.807) is 7.11 Å². The molecule has 0 radical (unpaired) electrons. The van der Waals surface area contributed by atoms with Crippen LogP contribution in [-0.2, 0) is 6.54 Å². The van der Waals surface area contributed by atoms with E-state index in [4.69, 9.17) is 10.5 Å². The highest BCUT2D eigenvalue weighted by Crippen LogP contribution is 2.26. The van der Waals surface area contributed by atoms with Gasteiger partial charge in [-0.1, -0.05) is 12.1 Å². The molecule has 2 rings (SSSR count). The molecule has 0 spiro atoms. The molecule has 0 saturated carbocycles. The van der Waals surface area contributed by atoms with Gasteiger partial charge in [-0.2, -0.15) is 0 Å². The Labute approximate surface area is 88.9 Å². The van der Waals surface area contributed by atoms with Crippen LogP contribution in [-0.4, -0.2) is 12.1 Å². The minimum atomic E-state index is 0.532. The van der Waals surface area contributed by atoms with Crippen molar-refractivity contribution in [1.29, 1.82) is 0 Å². The summed E-state index contributed by atoms with van der Waals surface area (Å²) in [6, 6.07) is 8.05. The minimum absolute atomic E-state index is 0.532. The first kappa shape index (κ1) is 9.93. The summed E-state index contributed by atoms with van der Waals surface area (Å²) >= 11 is 0. The molecule has 0 atom stereocenters. The van der Waals surface area contributed by atoms with Gasteiger partial charge in [0.2, 0.25) is 5.88 Å².